The van der Waals surface area contributed by atoms with E-state index in [1.807, 2.05) is 32.0 Å². The van der Waals surface area contributed by atoms with Gasteiger partial charge in [-0.25, -0.2) is 4.98 Å². The topological polar surface area (TPSA) is 64.4 Å². The predicted octanol–water partition coefficient (Wildman–Crippen LogP) is 3.45. The van der Waals surface area contributed by atoms with E-state index in [1.54, 1.807) is 22.9 Å². The van der Waals surface area contributed by atoms with Gasteiger partial charge < -0.3 is 9.64 Å². The SMILES string of the molecule is COc1cccc2c1N(C(=O)CCn1cnc3sc(C)c(C)c3c1=O)CCC2. The van der Waals surface area contributed by atoms with Gasteiger partial charge >= 0.3 is 0 Å². The van der Waals surface area contributed by atoms with Crippen molar-refractivity contribution in [2.75, 3.05) is 18.6 Å². The molecule has 7 heteroatoms. The Hall–Kier alpha value is -2.67. The lowest BCUT2D eigenvalue weighted by Crippen LogP contribution is -2.36. The average Bonchev–Trinajstić information content (AvgIpc) is 3.00. The summed E-state index contributed by atoms with van der Waals surface area (Å²) >= 11 is 1.53. The van der Waals surface area contributed by atoms with Gasteiger partial charge in [0.15, 0.2) is 0 Å². The van der Waals surface area contributed by atoms with Gasteiger partial charge in [-0.2, -0.15) is 0 Å². The minimum atomic E-state index is -0.0729. The summed E-state index contributed by atoms with van der Waals surface area (Å²) in [6.45, 7) is 4.93. The average molecular weight is 398 g/mol. The third-order valence-electron chi connectivity index (χ3n) is 5.42. The number of aromatic nitrogens is 2. The quantitative estimate of drug-likeness (QED) is 0.676. The van der Waals surface area contributed by atoms with Crippen molar-refractivity contribution in [1.82, 2.24) is 9.55 Å². The largest absolute Gasteiger partial charge is 0.495 e. The highest BCUT2D eigenvalue weighted by Gasteiger charge is 2.25. The molecule has 0 saturated heterocycles. The van der Waals surface area contributed by atoms with Gasteiger partial charge in [-0.15, -0.1) is 11.3 Å². The number of fused-ring (bicyclic) bond motifs is 2. The van der Waals surface area contributed by atoms with E-state index in [0.29, 0.717) is 18.5 Å². The summed E-state index contributed by atoms with van der Waals surface area (Å²) in [5, 5.41) is 0.669. The number of rotatable bonds is 4. The number of benzene rings is 1. The lowest BCUT2D eigenvalue weighted by atomic mass is 10.0. The summed E-state index contributed by atoms with van der Waals surface area (Å²) in [5.41, 5.74) is 2.90. The fourth-order valence-electron chi connectivity index (χ4n) is 3.81. The monoisotopic (exact) mass is 397 g/mol. The van der Waals surface area contributed by atoms with E-state index in [-0.39, 0.29) is 17.9 Å². The van der Waals surface area contributed by atoms with Crippen LogP contribution in [-0.4, -0.2) is 29.1 Å². The molecule has 0 unspecified atom stereocenters. The van der Waals surface area contributed by atoms with E-state index < -0.39 is 0 Å². The Labute approximate surface area is 167 Å². The molecule has 28 heavy (non-hydrogen) atoms. The van der Waals surface area contributed by atoms with Gasteiger partial charge in [0.25, 0.3) is 5.56 Å². The van der Waals surface area contributed by atoms with Crippen molar-refractivity contribution >= 4 is 33.1 Å². The number of thiophene rings is 1. The molecule has 0 bridgehead atoms. The molecular formula is C21H23N3O3S. The van der Waals surface area contributed by atoms with Crippen LogP contribution in [0.2, 0.25) is 0 Å². The molecule has 1 aromatic carbocycles. The zero-order valence-electron chi connectivity index (χ0n) is 16.3. The maximum Gasteiger partial charge on any atom is 0.262 e. The van der Waals surface area contributed by atoms with Crippen LogP contribution in [0.4, 0.5) is 5.69 Å². The summed E-state index contributed by atoms with van der Waals surface area (Å²) in [5.74, 6) is 0.714. The van der Waals surface area contributed by atoms with Crippen LogP contribution in [-0.2, 0) is 17.8 Å². The number of methoxy groups -OCH3 is 1. The zero-order chi connectivity index (χ0) is 19.8. The molecule has 0 atom stereocenters. The van der Waals surface area contributed by atoms with Gasteiger partial charge in [-0.05, 0) is 43.9 Å². The highest BCUT2D eigenvalue weighted by molar-refractivity contribution is 7.18. The lowest BCUT2D eigenvalue weighted by Gasteiger charge is -2.31. The minimum absolute atomic E-state index is 0.00401. The Morgan fingerprint density at radius 2 is 2.14 bits per heavy atom. The molecule has 1 aliphatic heterocycles. The van der Waals surface area contributed by atoms with E-state index in [1.165, 1.54) is 11.3 Å². The molecule has 0 aliphatic carbocycles. The van der Waals surface area contributed by atoms with Crippen molar-refractivity contribution in [3.05, 3.63) is 50.9 Å². The number of para-hydroxylation sites is 1. The van der Waals surface area contributed by atoms with Crippen LogP contribution >= 0.6 is 11.3 Å². The maximum absolute atomic E-state index is 13.0. The Kier molecular flexibility index (Phi) is 4.93. The number of hydrogen-bond donors (Lipinski definition) is 0. The molecule has 0 radical (unpaired) electrons. The number of anilines is 1. The molecule has 2 aromatic heterocycles. The molecular weight excluding hydrogens is 374 g/mol. The van der Waals surface area contributed by atoms with Crippen molar-refractivity contribution in [2.45, 2.75) is 39.7 Å². The lowest BCUT2D eigenvalue weighted by molar-refractivity contribution is -0.118. The van der Waals surface area contributed by atoms with E-state index in [2.05, 4.69) is 4.98 Å². The normalized spacial score (nSPS) is 13.6. The van der Waals surface area contributed by atoms with E-state index >= 15 is 0 Å². The van der Waals surface area contributed by atoms with Gasteiger partial charge in [-0.3, -0.25) is 14.2 Å². The number of carbonyl (C=O) groups is 1. The van der Waals surface area contributed by atoms with Crippen LogP contribution in [0.3, 0.4) is 0 Å². The Balaban J connectivity index is 1.58. The van der Waals surface area contributed by atoms with E-state index in [4.69, 9.17) is 4.74 Å². The Morgan fingerprint density at radius 3 is 2.93 bits per heavy atom. The van der Waals surface area contributed by atoms with Crippen molar-refractivity contribution in [3.63, 3.8) is 0 Å². The van der Waals surface area contributed by atoms with Gasteiger partial charge in [0.2, 0.25) is 5.91 Å². The number of carbonyl (C=O) groups excluding carboxylic acids is 1. The Bertz CT molecular complexity index is 1100. The molecule has 3 aromatic rings. The van der Waals surface area contributed by atoms with Crippen molar-refractivity contribution in [1.29, 1.82) is 0 Å². The molecule has 0 fully saturated rings. The van der Waals surface area contributed by atoms with Crippen LogP contribution in [0.25, 0.3) is 10.2 Å². The molecule has 0 N–H and O–H groups in total. The second-order valence-corrected chi connectivity index (χ2v) is 8.28. The summed E-state index contributed by atoms with van der Waals surface area (Å²) in [6, 6.07) is 5.88. The standard InChI is InChI=1S/C21H23N3O3S/c1-13-14(2)28-20-18(13)21(26)23(12-22-20)11-9-17(25)24-10-5-7-15-6-4-8-16(27-3)19(15)24/h4,6,8,12H,5,7,9-11H2,1-3H3. The molecule has 1 amide bonds. The van der Waals surface area contributed by atoms with E-state index in [9.17, 15) is 9.59 Å². The molecule has 0 spiro atoms. The molecule has 6 nitrogen and oxygen atoms in total. The molecule has 146 valence electrons. The summed E-state index contributed by atoms with van der Waals surface area (Å²) in [6.07, 6.45) is 3.66. The van der Waals surface area contributed by atoms with Crippen LogP contribution in [0, 0.1) is 13.8 Å². The first kappa shape index (κ1) is 18.7. The fourth-order valence-corrected chi connectivity index (χ4v) is 4.80. The first-order valence-corrected chi connectivity index (χ1v) is 10.2. The van der Waals surface area contributed by atoms with Gasteiger partial charge in [0.05, 0.1) is 24.5 Å². The van der Waals surface area contributed by atoms with Crippen LogP contribution in [0.5, 0.6) is 5.75 Å². The van der Waals surface area contributed by atoms with Gasteiger partial charge in [0.1, 0.15) is 10.6 Å². The van der Waals surface area contributed by atoms with Crippen LogP contribution < -0.4 is 15.2 Å². The molecule has 0 saturated carbocycles. The second kappa shape index (κ2) is 7.39. The summed E-state index contributed by atoms with van der Waals surface area (Å²) in [4.78, 5) is 33.9. The van der Waals surface area contributed by atoms with Crippen molar-refractivity contribution in [3.8, 4) is 5.75 Å². The van der Waals surface area contributed by atoms with Crippen LogP contribution in [0.1, 0.15) is 28.8 Å². The maximum atomic E-state index is 13.0. The highest BCUT2D eigenvalue weighted by Crippen LogP contribution is 2.36. The van der Waals surface area contributed by atoms with Crippen molar-refractivity contribution < 1.29 is 9.53 Å². The minimum Gasteiger partial charge on any atom is -0.495 e. The second-order valence-electron chi connectivity index (χ2n) is 7.07. The zero-order valence-corrected chi connectivity index (χ0v) is 17.1. The first-order valence-electron chi connectivity index (χ1n) is 9.42. The number of amides is 1. The number of hydrogen-bond acceptors (Lipinski definition) is 5. The highest BCUT2D eigenvalue weighted by atomic mass is 32.1. The van der Waals surface area contributed by atoms with Gasteiger partial charge in [-0.1, -0.05) is 12.1 Å². The molecule has 4 rings (SSSR count). The fraction of sp³-hybridized carbons (Fsp3) is 0.381. The third-order valence-corrected chi connectivity index (χ3v) is 6.54. The van der Waals surface area contributed by atoms with Crippen LogP contribution in [0.15, 0.2) is 29.3 Å². The van der Waals surface area contributed by atoms with Gasteiger partial charge in [0, 0.05) is 24.4 Å². The predicted molar refractivity (Wildman–Crippen MR) is 112 cm³/mol. The van der Waals surface area contributed by atoms with E-state index in [0.717, 1.165) is 45.1 Å². The third kappa shape index (κ3) is 3.09. The molecule has 1 aliphatic rings. The molecule has 3 heterocycles. The first-order chi connectivity index (χ1) is 13.5. The van der Waals surface area contributed by atoms with Crippen molar-refractivity contribution in [2.24, 2.45) is 0 Å². The summed E-state index contributed by atoms with van der Waals surface area (Å²) in [7, 11) is 1.62. The number of ether oxygens (including phenoxy) is 1. The number of aryl methyl sites for hydroxylation is 4. The number of nitrogens with zero attached hydrogens (tertiary/aromatic N) is 3. The summed E-state index contributed by atoms with van der Waals surface area (Å²) < 4.78 is 7.03. The Morgan fingerprint density at radius 1 is 1.32 bits per heavy atom. The smallest absolute Gasteiger partial charge is 0.262 e.